The molecule has 0 saturated heterocycles. The minimum atomic E-state index is -0.714. The first-order chi connectivity index (χ1) is 16.1. The molecule has 11 nitrogen and oxygen atoms in total. The van der Waals surface area contributed by atoms with Crippen molar-refractivity contribution in [3.8, 4) is 5.69 Å². The molecule has 1 amide bonds. The van der Waals surface area contributed by atoms with Crippen molar-refractivity contribution in [1.82, 2.24) is 9.78 Å². The highest BCUT2D eigenvalue weighted by Crippen LogP contribution is 2.31. The third-order valence-corrected chi connectivity index (χ3v) is 5.36. The second kappa shape index (κ2) is 8.31. The monoisotopic (exact) mass is 464 g/mol. The smallest absolute Gasteiger partial charge is 0.267 e. The van der Waals surface area contributed by atoms with Crippen molar-refractivity contribution in [3.05, 3.63) is 91.0 Å². The Balaban J connectivity index is 1.76. The number of nitro groups is 2. The molecule has 2 aromatic carbocycles. The largest absolute Gasteiger partial charge is 0.301 e. The maximum Gasteiger partial charge on any atom is 0.301 e. The molecule has 0 fully saturated rings. The van der Waals surface area contributed by atoms with Gasteiger partial charge in [-0.2, -0.15) is 15.2 Å². The number of hydrogen-bond acceptors (Lipinski definition) is 7. The van der Waals surface area contributed by atoms with Crippen molar-refractivity contribution in [2.75, 3.05) is 5.01 Å². The van der Waals surface area contributed by atoms with Gasteiger partial charge in [-0.05, 0) is 57.2 Å². The Labute approximate surface area is 191 Å². The molecule has 0 unspecified atom stereocenters. The van der Waals surface area contributed by atoms with Crippen LogP contribution in [-0.2, 0) is 4.79 Å². The average molecular weight is 464 g/mol. The summed E-state index contributed by atoms with van der Waals surface area (Å²) in [5, 5.41) is 32.4. The van der Waals surface area contributed by atoms with E-state index in [2.05, 4.69) is 10.2 Å². The Bertz CT molecular complexity index is 1420. The summed E-state index contributed by atoms with van der Waals surface area (Å²) in [5.41, 5.74) is 1.81. The summed E-state index contributed by atoms with van der Waals surface area (Å²) in [6.07, 6.45) is 1.59. The second-order valence-electron chi connectivity index (χ2n) is 7.52. The molecule has 0 atom stereocenters. The molecule has 0 spiro atoms. The van der Waals surface area contributed by atoms with Crippen LogP contribution < -0.4 is 5.01 Å². The fraction of sp³-hybridized carbons (Fsp3) is 0.136. The number of carbonyl (C=O) groups is 1. The van der Waals surface area contributed by atoms with E-state index in [4.69, 9.17) is 0 Å². The standard InChI is InChI=1S/C22H17FN6O5/c1-12-18(11-19-13(2)25-27(22(19)30)16-6-4-15(23)5-7-16)14(3)26(24-12)20-9-8-17(28(31)32)10-21(20)29(33)34/h4-11H,1-3H3/b19-11+. The summed E-state index contributed by atoms with van der Waals surface area (Å²) in [7, 11) is 0. The molecule has 12 heteroatoms. The van der Waals surface area contributed by atoms with Gasteiger partial charge in [-0.1, -0.05) is 0 Å². The van der Waals surface area contributed by atoms with Crippen LogP contribution >= 0.6 is 0 Å². The van der Waals surface area contributed by atoms with Crippen LogP contribution in [0.4, 0.5) is 21.5 Å². The number of anilines is 1. The fourth-order valence-electron chi connectivity index (χ4n) is 3.63. The van der Waals surface area contributed by atoms with E-state index in [-0.39, 0.29) is 11.3 Å². The topological polar surface area (TPSA) is 137 Å². The maximum absolute atomic E-state index is 13.2. The lowest BCUT2D eigenvalue weighted by atomic mass is 10.1. The second-order valence-corrected chi connectivity index (χ2v) is 7.52. The predicted octanol–water partition coefficient (Wildman–Crippen LogP) is 4.25. The SMILES string of the molecule is CC1=NN(c2ccc(F)cc2)C(=O)/C1=C/c1c(C)nn(-c2ccc([N+](=O)[O-])cc2[N+](=O)[O-])c1C. The van der Waals surface area contributed by atoms with Crippen molar-refractivity contribution in [1.29, 1.82) is 0 Å². The van der Waals surface area contributed by atoms with Crippen LogP contribution in [0.3, 0.4) is 0 Å². The maximum atomic E-state index is 13.2. The van der Waals surface area contributed by atoms with Gasteiger partial charge in [0.25, 0.3) is 11.6 Å². The molecule has 3 aromatic rings. The Morgan fingerprint density at radius 2 is 1.68 bits per heavy atom. The van der Waals surface area contributed by atoms with Crippen LogP contribution in [-0.4, -0.2) is 31.2 Å². The van der Waals surface area contributed by atoms with E-state index in [0.29, 0.717) is 28.4 Å². The number of hydrogen-bond donors (Lipinski definition) is 0. The van der Waals surface area contributed by atoms with Crippen molar-refractivity contribution in [2.45, 2.75) is 20.8 Å². The van der Waals surface area contributed by atoms with Gasteiger partial charge in [0.2, 0.25) is 0 Å². The van der Waals surface area contributed by atoms with Crippen molar-refractivity contribution < 1.29 is 19.0 Å². The van der Waals surface area contributed by atoms with Gasteiger partial charge >= 0.3 is 5.69 Å². The highest BCUT2D eigenvalue weighted by Gasteiger charge is 2.30. The highest BCUT2D eigenvalue weighted by molar-refractivity contribution is 6.32. The van der Waals surface area contributed by atoms with Crippen LogP contribution in [0.1, 0.15) is 23.9 Å². The molecule has 0 radical (unpaired) electrons. The van der Waals surface area contributed by atoms with Crippen LogP contribution in [0.2, 0.25) is 0 Å². The Kier molecular flexibility index (Phi) is 5.49. The molecular formula is C22H17FN6O5. The highest BCUT2D eigenvalue weighted by atomic mass is 19.1. The number of carbonyl (C=O) groups excluding carboxylic acids is 1. The van der Waals surface area contributed by atoms with Gasteiger partial charge < -0.3 is 0 Å². The molecule has 0 bridgehead atoms. The van der Waals surface area contributed by atoms with Gasteiger partial charge in [-0.3, -0.25) is 25.0 Å². The van der Waals surface area contributed by atoms with Gasteiger partial charge in [0.1, 0.15) is 11.5 Å². The number of halogens is 1. The molecule has 1 aliphatic heterocycles. The molecule has 4 rings (SSSR count). The van der Waals surface area contributed by atoms with Crippen LogP contribution in [0, 0.1) is 39.9 Å². The number of aryl methyl sites for hydroxylation is 1. The van der Waals surface area contributed by atoms with E-state index in [0.717, 1.165) is 17.1 Å². The summed E-state index contributed by atoms with van der Waals surface area (Å²) >= 11 is 0. The van der Waals surface area contributed by atoms with Crippen LogP contribution in [0.5, 0.6) is 0 Å². The van der Waals surface area contributed by atoms with Crippen molar-refractivity contribution >= 4 is 34.8 Å². The molecule has 172 valence electrons. The first-order valence-corrected chi connectivity index (χ1v) is 9.95. The quantitative estimate of drug-likeness (QED) is 0.314. The minimum Gasteiger partial charge on any atom is -0.267 e. The summed E-state index contributed by atoms with van der Waals surface area (Å²) in [5.74, 6) is -0.858. The van der Waals surface area contributed by atoms with E-state index in [9.17, 15) is 29.4 Å². The van der Waals surface area contributed by atoms with E-state index in [1.54, 1.807) is 26.8 Å². The minimum absolute atomic E-state index is 0.0527. The Morgan fingerprint density at radius 3 is 2.29 bits per heavy atom. The number of nitro benzene ring substituents is 2. The number of aromatic nitrogens is 2. The molecular weight excluding hydrogens is 447 g/mol. The van der Waals surface area contributed by atoms with E-state index in [1.165, 1.54) is 35.0 Å². The lowest BCUT2D eigenvalue weighted by Crippen LogP contribution is -2.21. The average Bonchev–Trinajstić information content (AvgIpc) is 3.24. The normalized spacial score (nSPS) is 14.6. The van der Waals surface area contributed by atoms with Gasteiger partial charge in [-0.15, -0.1) is 0 Å². The van der Waals surface area contributed by atoms with E-state index < -0.39 is 32.9 Å². The first-order valence-electron chi connectivity index (χ1n) is 9.95. The van der Waals surface area contributed by atoms with Gasteiger partial charge in [-0.25, -0.2) is 9.07 Å². The van der Waals surface area contributed by atoms with Crippen LogP contribution in [0.25, 0.3) is 11.8 Å². The summed E-state index contributed by atoms with van der Waals surface area (Å²) in [6.45, 7) is 5.00. The zero-order valence-electron chi connectivity index (χ0n) is 18.2. The number of amides is 1. The number of rotatable bonds is 5. The third-order valence-electron chi connectivity index (χ3n) is 5.36. The molecule has 1 aromatic heterocycles. The summed E-state index contributed by atoms with van der Waals surface area (Å²) in [4.78, 5) is 34.2. The first kappa shape index (κ1) is 22.5. The van der Waals surface area contributed by atoms with Gasteiger partial charge in [0, 0.05) is 17.3 Å². The van der Waals surface area contributed by atoms with Gasteiger partial charge in [0.15, 0.2) is 0 Å². The number of benzene rings is 2. The molecule has 0 saturated carbocycles. The Hall–Kier alpha value is -4.74. The zero-order chi connectivity index (χ0) is 24.7. The van der Waals surface area contributed by atoms with E-state index in [1.807, 2.05) is 0 Å². The van der Waals surface area contributed by atoms with Crippen molar-refractivity contribution in [2.24, 2.45) is 5.10 Å². The molecule has 1 aliphatic rings. The Morgan fingerprint density at radius 1 is 1.00 bits per heavy atom. The molecule has 0 N–H and O–H groups in total. The van der Waals surface area contributed by atoms with E-state index >= 15 is 0 Å². The predicted molar refractivity (Wildman–Crippen MR) is 121 cm³/mol. The number of hydrazone groups is 1. The molecule has 0 aliphatic carbocycles. The third kappa shape index (κ3) is 3.81. The molecule has 2 heterocycles. The zero-order valence-corrected chi connectivity index (χ0v) is 18.2. The fourth-order valence-corrected chi connectivity index (χ4v) is 3.63. The molecule has 34 heavy (non-hydrogen) atoms. The van der Waals surface area contributed by atoms with Gasteiger partial charge in [0.05, 0.1) is 38.6 Å². The lowest BCUT2D eigenvalue weighted by Gasteiger charge is -2.11. The summed E-state index contributed by atoms with van der Waals surface area (Å²) < 4.78 is 14.6. The summed E-state index contributed by atoms with van der Waals surface area (Å²) in [6, 6.07) is 8.63. The van der Waals surface area contributed by atoms with Crippen molar-refractivity contribution in [3.63, 3.8) is 0 Å². The van der Waals surface area contributed by atoms with Crippen LogP contribution in [0.15, 0.2) is 53.1 Å². The lowest BCUT2D eigenvalue weighted by molar-refractivity contribution is -0.394. The number of non-ortho nitro benzene ring substituents is 1. The number of nitrogens with zero attached hydrogens (tertiary/aromatic N) is 6.